The average Bonchev–Trinajstić information content (AvgIpc) is 3.24. The van der Waals surface area contributed by atoms with E-state index in [-0.39, 0.29) is 12.5 Å². The fourth-order valence-electron chi connectivity index (χ4n) is 2.55. The Morgan fingerprint density at radius 1 is 1.15 bits per heavy atom. The molecule has 0 unspecified atom stereocenters. The van der Waals surface area contributed by atoms with Gasteiger partial charge in [-0.1, -0.05) is 36.4 Å². The van der Waals surface area contributed by atoms with E-state index in [1.54, 1.807) is 11.0 Å². The minimum Gasteiger partial charge on any atom is -0.337 e. The Kier molecular flexibility index (Phi) is 5.90. The lowest BCUT2D eigenvalue weighted by Crippen LogP contribution is -2.41. The van der Waals surface area contributed by atoms with Gasteiger partial charge < -0.3 is 4.90 Å². The molecule has 1 aliphatic rings. The first kappa shape index (κ1) is 18.4. The van der Waals surface area contributed by atoms with Crippen molar-refractivity contribution in [3.05, 3.63) is 63.2 Å². The summed E-state index contributed by atoms with van der Waals surface area (Å²) < 4.78 is 0. The number of rotatable bonds is 6. The number of thioether (sulfide) groups is 1. The highest BCUT2D eigenvalue weighted by Crippen LogP contribution is 2.32. The fraction of sp³-hybridized carbons (Fsp3) is 0.211. The second-order valence-corrected chi connectivity index (χ2v) is 7.65. The van der Waals surface area contributed by atoms with Crippen LogP contribution in [0.5, 0.6) is 0 Å². The molecule has 2 aromatic rings. The highest BCUT2D eigenvalue weighted by Gasteiger charge is 2.37. The second kappa shape index (κ2) is 8.33. The van der Waals surface area contributed by atoms with Crippen LogP contribution >= 0.6 is 23.1 Å². The molecule has 0 atom stereocenters. The number of amides is 3. The van der Waals surface area contributed by atoms with Gasteiger partial charge in [0, 0.05) is 18.0 Å². The van der Waals surface area contributed by atoms with E-state index in [0.717, 1.165) is 27.1 Å². The first-order chi connectivity index (χ1) is 12.6. The molecule has 0 radical (unpaired) electrons. The minimum absolute atomic E-state index is 0.229. The third-order valence-corrected chi connectivity index (χ3v) is 5.66. The van der Waals surface area contributed by atoms with E-state index in [4.69, 9.17) is 0 Å². The third kappa shape index (κ3) is 4.23. The monoisotopic (exact) mass is 386 g/mol. The Bertz CT molecular complexity index is 832. The number of hydrogen-bond acceptors (Lipinski definition) is 5. The van der Waals surface area contributed by atoms with E-state index in [1.807, 2.05) is 54.8 Å². The molecular weight excluding hydrogens is 368 g/mol. The summed E-state index contributed by atoms with van der Waals surface area (Å²) in [6, 6.07) is 13.4. The first-order valence-corrected chi connectivity index (χ1v) is 9.88. The van der Waals surface area contributed by atoms with Crippen LogP contribution in [0.1, 0.15) is 17.4 Å². The molecule has 1 fully saturated rings. The Hall–Kier alpha value is -2.38. The highest BCUT2D eigenvalue weighted by atomic mass is 32.2. The number of hydrogen-bond donors (Lipinski definition) is 0. The van der Waals surface area contributed by atoms with Crippen molar-refractivity contribution >= 4 is 46.2 Å². The molecule has 5 nitrogen and oxygen atoms in total. The lowest BCUT2D eigenvalue weighted by molar-refractivity contribution is -0.136. The number of benzene rings is 1. The van der Waals surface area contributed by atoms with Crippen molar-refractivity contribution in [2.24, 2.45) is 0 Å². The van der Waals surface area contributed by atoms with Gasteiger partial charge >= 0.3 is 0 Å². The average molecular weight is 386 g/mol. The van der Waals surface area contributed by atoms with Crippen LogP contribution in [-0.2, 0) is 16.1 Å². The molecule has 0 saturated carbocycles. The summed E-state index contributed by atoms with van der Waals surface area (Å²) in [6.45, 7) is 2.62. The van der Waals surface area contributed by atoms with Crippen molar-refractivity contribution < 1.29 is 14.4 Å². The van der Waals surface area contributed by atoms with Crippen LogP contribution in [0, 0.1) is 0 Å². The van der Waals surface area contributed by atoms with Crippen molar-refractivity contribution in [3.8, 4) is 0 Å². The summed E-state index contributed by atoms with van der Waals surface area (Å²) in [4.78, 5) is 41.2. The van der Waals surface area contributed by atoms with Crippen molar-refractivity contribution in [3.63, 3.8) is 0 Å². The van der Waals surface area contributed by atoms with Gasteiger partial charge in [-0.3, -0.25) is 19.3 Å². The number of imide groups is 1. The van der Waals surface area contributed by atoms with Crippen molar-refractivity contribution in [1.82, 2.24) is 9.80 Å². The molecule has 0 aliphatic carbocycles. The number of carbonyl (C=O) groups excluding carboxylic acids is 3. The SMILES string of the molecule is CCN(Cc1ccccc1)C(=O)CN1C(=O)S/C(=C\c2cccs2)C1=O. The number of likely N-dealkylation sites (N-methyl/N-ethyl adjacent to an activating group) is 1. The van der Waals surface area contributed by atoms with Crippen LogP contribution in [0.2, 0.25) is 0 Å². The molecule has 3 amide bonds. The molecule has 134 valence electrons. The van der Waals surface area contributed by atoms with Crippen LogP contribution in [-0.4, -0.2) is 39.9 Å². The van der Waals surface area contributed by atoms with Crippen molar-refractivity contribution in [2.45, 2.75) is 13.5 Å². The largest absolute Gasteiger partial charge is 0.337 e. The molecule has 3 rings (SSSR count). The van der Waals surface area contributed by atoms with E-state index in [0.29, 0.717) is 18.0 Å². The van der Waals surface area contributed by atoms with Gasteiger partial charge in [-0.2, -0.15) is 0 Å². The molecule has 26 heavy (non-hydrogen) atoms. The molecule has 0 spiro atoms. The second-order valence-electron chi connectivity index (χ2n) is 5.68. The number of carbonyl (C=O) groups is 3. The van der Waals surface area contributed by atoms with Crippen LogP contribution in [0.4, 0.5) is 4.79 Å². The van der Waals surface area contributed by atoms with Gasteiger partial charge in [-0.15, -0.1) is 11.3 Å². The zero-order valence-corrected chi connectivity index (χ0v) is 15.9. The topological polar surface area (TPSA) is 57.7 Å². The van der Waals surface area contributed by atoms with Crippen LogP contribution in [0.15, 0.2) is 52.7 Å². The third-order valence-electron chi connectivity index (χ3n) is 3.93. The van der Waals surface area contributed by atoms with Crippen molar-refractivity contribution in [2.75, 3.05) is 13.1 Å². The molecular formula is C19H18N2O3S2. The van der Waals surface area contributed by atoms with Crippen LogP contribution in [0.3, 0.4) is 0 Å². The zero-order chi connectivity index (χ0) is 18.5. The maximum absolute atomic E-state index is 12.6. The van der Waals surface area contributed by atoms with Gasteiger partial charge in [0.2, 0.25) is 5.91 Å². The van der Waals surface area contributed by atoms with Gasteiger partial charge in [0.05, 0.1) is 4.91 Å². The Balaban J connectivity index is 1.68. The molecule has 1 aromatic heterocycles. The van der Waals surface area contributed by atoms with Crippen LogP contribution < -0.4 is 0 Å². The minimum atomic E-state index is -0.405. The van der Waals surface area contributed by atoms with Gasteiger partial charge in [-0.25, -0.2) is 0 Å². The van der Waals surface area contributed by atoms with Gasteiger partial charge in [0.1, 0.15) is 6.54 Å². The fourth-order valence-corrected chi connectivity index (χ4v) is 4.12. The number of nitrogens with zero attached hydrogens (tertiary/aromatic N) is 2. The van der Waals surface area contributed by atoms with E-state index < -0.39 is 11.1 Å². The van der Waals surface area contributed by atoms with Crippen molar-refractivity contribution in [1.29, 1.82) is 0 Å². The highest BCUT2D eigenvalue weighted by molar-refractivity contribution is 8.18. The maximum Gasteiger partial charge on any atom is 0.294 e. The maximum atomic E-state index is 12.6. The van der Waals surface area contributed by atoms with Gasteiger partial charge in [0.15, 0.2) is 0 Å². The van der Waals surface area contributed by atoms with E-state index in [2.05, 4.69) is 0 Å². The summed E-state index contributed by atoms with van der Waals surface area (Å²) in [7, 11) is 0. The van der Waals surface area contributed by atoms with Crippen LogP contribution in [0.25, 0.3) is 6.08 Å². The standard InChI is InChI=1S/C19H18N2O3S2/c1-2-20(12-14-7-4-3-5-8-14)17(22)13-21-18(23)16(26-19(21)24)11-15-9-6-10-25-15/h3-11H,2,12-13H2,1H3/b16-11-. The first-order valence-electron chi connectivity index (χ1n) is 8.19. The molecule has 7 heteroatoms. The molecule has 2 heterocycles. The predicted molar refractivity (Wildman–Crippen MR) is 105 cm³/mol. The van der Waals surface area contributed by atoms with E-state index >= 15 is 0 Å². The Labute approximate surface area is 160 Å². The molecule has 1 aromatic carbocycles. The number of thiophene rings is 1. The van der Waals surface area contributed by atoms with E-state index in [1.165, 1.54) is 11.3 Å². The normalized spacial score (nSPS) is 15.7. The molecule has 0 bridgehead atoms. The zero-order valence-electron chi connectivity index (χ0n) is 14.3. The molecule has 1 aliphatic heterocycles. The quantitative estimate of drug-likeness (QED) is 0.708. The van der Waals surface area contributed by atoms with Gasteiger partial charge in [-0.05, 0) is 41.8 Å². The molecule has 0 N–H and O–H groups in total. The van der Waals surface area contributed by atoms with E-state index in [9.17, 15) is 14.4 Å². The molecule has 1 saturated heterocycles. The lowest BCUT2D eigenvalue weighted by atomic mass is 10.2. The smallest absolute Gasteiger partial charge is 0.294 e. The Morgan fingerprint density at radius 2 is 1.92 bits per heavy atom. The predicted octanol–water partition coefficient (Wildman–Crippen LogP) is 3.83. The summed E-state index contributed by atoms with van der Waals surface area (Å²) >= 11 is 2.37. The summed E-state index contributed by atoms with van der Waals surface area (Å²) in [5.41, 5.74) is 1.01. The van der Waals surface area contributed by atoms with Gasteiger partial charge in [0.25, 0.3) is 11.1 Å². The summed E-state index contributed by atoms with van der Waals surface area (Å²) in [6.07, 6.45) is 1.70. The summed E-state index contributed by atoms with van der Waals surface area (Å²) in [5.74, 6) is -0.645. The summed E-state index contributed by atoms with van der Waals surface area (Å²) in [5, 5.41) is 1.50. The Morgan fingerprint density at radius 3 is 2.58 bits per heavy atom. The lowest BCUT2D eigenvalue weighted by Gasteiger charge is -2.23.